The molecule has 3 rings (SSSR count). The van der Waals surface area contributed by atoms with Gasteiger partial charge in [-0.2, -0.15) is 0 Å². The molecule has 1 unspecified atom stereocenters. The molecular weight excluding hydrogens is 358 g/mol. The van der Waals surface area contributed by atoms with Crippen LogP contribution in [0.5, 0.6) is 0 Å². The van der Waals surface area contributed by atoms with Crippen LogP contribution in [0, 0.1) is 11.6 Å². The molecule has 0 aromatic heterocycles. The molecule has 0 spiro atoms. The van der Waals surface area contributed by atoms with Crippen molar-refractivity contribution in [2.45, 2.75) is 18.2 Å². The number of allylic oxidation sites excluding steroid dienone is 2. The first-order valence-corrected chi connectivity index (χ1v) is 9.40. The second kappa shape index (κ2) is 6.96. The molecule has 1 atom stereocenters. The van der Waals surface area contributed by atoms with Gasteiger partial charge in [0.25, 0.3) is 0 Å². The van der Waals surface area contributed by atoms with Gasteiger partial charge in [-0.1, -0.05) is 12.1 Å². The zero-order valence-electron chi connectivity index (χ0n) is 14.2. The van der Waals surface area contributed by atoms with Gasteiger partial charge in [-0.05, 0) is 59.0 Å². The molecule has 2 aromatic carbocycles. The Labute approximate surface area is 152 Å². The van der Waals surface area contributed by atoms with Crippen molar-refractivity contribution >= 4 is 34.0 Å². The lowest BCUT2D eigenvalue weighted by atomic mass is 10.00. The molecule has 1 aliphatic carbocycles. The van der Waals surface area contributed by atoms with Gasteiger partial charge in [-0.15, -0.1) is 0 Å². The fraction of sp³-hybridized carbons (Fsp3) is 0.150. The summed E-state index contributed by atoms with van der Waals surface area (Å²) in [4.78, 5) is 11.8. The Bertz CT molecular complexity index is 989. The summed E-state index contributed by atoms with van der Waals surface area (Å²) in [5.41, 5.74) is 2.78. The number of rotatable bonds is 4. The molecular formula is C20H16F2O3S. The van der Waals surface area contributed by atoms with Gasteiger partial charge in [0, 0.05) is 33.6 Å². The van der Waals surface area contributed by atoms with Gasteiger partial charge in [-0.3, -0.25) is 9.00 Å². The van der Waals surface area contributed by atoms with Crippen LogP contribution in [-0.4, -0.2) is 21.5 Å². The van der Waals surface area contributed by atoms with E-state index in [1.807, 2.05) is 0 Å². The second-order valence-electron chi connectivity index (χ2n) is 6.07. The van der Waals surface area contributed by atoms with Crippen molar-refractivity contribution in [2.75, 3.05) is 6.26 Å². The molecule has 0 radical (unpaired) electrons. The summed E-state index contributed by atoms with van der Waals surface area (Å²) >= 11 is 0. The van der Waals surface area contributed by atoms with Gasteiger partial charge in [0.1, 0.15) is 11.6 Å². The number of carboxylic acids is 1. The van der Waals surface area contributed by atoms with Crippen LogP contribution < -0.4 is 0 Å². The van der Waals surface area contributed by atoms with Crippen molar-refractivity contribution < 1.29 is 22.9 Å². The zero-order chi connectivity index (χ0) is 19.0. The van der Waals surface area contributed by atoms with Crippen LogP contribution >= 0.6 is 0 Å². The molecule has 0 amide bonds. The molecule has 0 saturated carbocycles. The highest BCUT2D eigenvalue weighted by atomic mass is 32.2. The summed E-state index contributed by atoms with van der Waals surface area (Å²) in [6.45, 7) is 1.71. The number of aliphatic carboxylic acids is 1. The number of hydrogen-bond acceptors (Lipinski definition) is 2. The number of benzene rings is 2. The highest BCUT2D eigenvalue weighted by Crippen LogP contribution is 2.45. The minimum Gasteiger partial charge on any atom is -0.481 e. The lowest BCUT2D eigenvalue weighted by Gasteiger charge is -2.07. The summed E-state index contributed by atoms with van der Waals surface area (Å²) < 4.78 is 39.6. The van der Waals surface area contributed by atoms with Gasteiger partial charge in [-0.25, -0.2) is 8.78 Å². The molecule has 3 nitrogen and oxygen atoms in total. The first-order chi connectivity index (χ1) is 12.3. The third-order valence-corrected chi connectivity index (χ3v) is 5.29. The van der Waals surface area contributed by atoms with Crippen LogP contribution in [0.4, 0.5) is 8.78 Å². The Hall–Kier alpha value is -2.60. The maximum atomic E-state index is 14.5. The maximum absolute atomic E-state index is 14.5. The first kappa shape index (κ1) is 18.2. The van der Waals surface area contributed by atoms with Crippen molar-refractivity contribution in [3.63, 3.8) is 0 Å². The molecule has 0 bridgehead atoms. The summed E-state index contributed by atoms with van der Waals surface area (Å²) in [7, 11) is -1.10. The lowest BCUT2D eigenvalue weighted by molar-refractivity contribution is -0.135. The van der Waals surface area contributed by atoms with Crippen molar-refractivity contribution in [3.05, 3.63) is 70.3 Å². The minimum absolute atomic E-state index is 0.211. The van der Waals surface area contributed by atoms with Gasteiger partial charge in [0.05, 0.1) is 6.42 Å². The van der Waals surface area contributed by atoms with Crippen molar-refractivity contribution in [1.82, 2.24) is 0 Å². The number of carbonyl (C=O) groups is 1. The monoisotopic (exact) mass is 374 g/mol. The van der Waals surface area contributed by atoms with E-state index in [-0.39, 0.29) is 17.5 Å². The molecule has 26 heavy (non-hydrogen) atoms. The highest BCUT2D eigenvalue weighted by Gasteiger charge is 2.28. The fourth-order valence-electron chi connectivity index (χ4n) is 3.12. The molecule has 0 saturated heterocycles. The van der Waals surface area contributed by atoms with Crippen molar-refractivity contribution in [2.24, 2.45) is 0 Å². The Morgan fingerprint density at radius 3 is 2.42 bits per heavy atom. The average molecular weight is 374 g/mol. The summed E-state index contributed by atoms with van der Waals surface area (Å²) in [5, 5.41) is 9.14. The van der Waals surface area contributed by atoms with Gasteiger partial charge >= 0.3 is 5.97 Å². The molecule has 0 fully saturated rings. The number of carboxylic acid groups (broad SMARTS) is 1. The molecule has 2 aromatic rings. The van der Waals surface area contributed by atoms with Crippen LogP contribution in [0.25, 0.3) is 17.2 Å². The van der Waals surface area contributed by atoms with E-state index in [0.29, 0.717) is 21.6 Å². The van der Waals surface area contributed by atoms with Crippen LogP contribution in [-0.2, 0) is 15.6 Å². The Morgan fingerprint density at radius 1 is 1.19 bits per heavy atom. The number of fused-ring (bicyclic) bond motifs is 1. The summed E-state index contributed by atoms with van der Waals surface area (Å²) in [5.74, 6) is -2.53. The largest absolute Gasteiger partial charge is 0.481 e. The standard InChI is InChI=1S/C20H16F2O3S/c1-11-15(10-19(23)24)17-8-13(21)9-18(22)20(17)16(11)7-12-3-5-14(6-4-12)26(2)25/h3-9H,10H2,1-2H3,(H,23,24). The van der Waals surface area contributed by atoms with Crippen molar-refractivity contribution in [1.29, 1.82) is 0 Å². The zero-order valence-corrected chi connectivity index (χ0v) is 15.0. The van der Waals surface area contributed by atoms with E-state index in [0.717, 1.165) is 11.6 Å². The average Bonchev–Trinajstić information content (AvgIpc) is 2.80. The third-order valence-electron chi connectivity index (χ3n) is 4.36. The third kappa shape index (κ3) is 3.37. The van der Waals surface area contributed by atoms with Crippen LogP contribution in [0.3, 0.4) is 0 Å². The molecule has 0 aliphatic heterocycles. The summed E-state index contributed by atoms with van der Waals surface area (Å²) in [6, 6.07) is 8.92. The van der Waals surface area contributed by atoms with E-state index in [2.05, 4.69) is 0 Å². The van der Waals surface area contributed by atoms with Gasteiger partial charge in [0.15, 0.2) is 0 Å². The fourth-order valence-corrected chi connectivity index (χ4v) is 3.64. The predicted octanol–water partition coefficient (Wildman–Crippen LogP) is 4.50. The van der Waals surface area contributed by atoms with Crippen molar-refractivity contribution in [3.8, 4) is 0 Å². The summed E-state index contributed by atoms with van der Waals surface area (Å²) in [6.07, 6.45) is 2.99. The highest BCUT2D eigenvalue weighted by molar-refractivity contribution is 7.84. The Morgan fingerprint density at radius 2 is 1.85 bits per heavy atom. The van der Waals surface area contributed by atoms with Crippen LogP contribution in [0.15, 0.2) is 46.9 Å². The Kier molecular flexibility index (Phi) is 4.87. The van der Waals surface area contributed by atoms with E-state index in [1.165, 1.54) is 6.07 Å². The second-order valence-corrected chi connectivity index (χ2v) is 7.45. The molecule has 134 valence electrons. The molecule has 1 N–H and O–H groups in total. The van der Waals surface area contributed by atoms with E-state index in [4.69, 9.17) is 5.11 Å². The van der Waals surface area contributed by atoms with Crippen LogP contribution in [0.1, 0.15) is 30.0 Å². The topological polar surface area (TPSA) is 54.4 Å². The van der Waals surface area contributed by atoms with Gasteiger partial charge < -0.3 is 5.11 Å². The van der Waals surface area contributed by atoms with E-state index >= 15 is 0 Å². The maximum Gasteiger partial charge on any atom is 0.307 e. The normalized spacial score (nSPS) is 16.1. The van der Waals surface area contributed by atoms with Crippen LogP contribution in [0.2, 0.25) is 0 Å². The van der Waals surface area contributed by atoms with E-state index in [9.17, 15) is 17.8 Å². The molecule has 0 heterocycles. The molecule has 6 heteroatoms. The predicted molar refractivity (Wildman–Crippen MR) is 97.9 cm³/mol. The number of hydrogen-bond donors (Lipinski definition) is 1. The van der Waals surface area contributed by atoms with E-state index < -0.39 is 28.4 Å². The minimum atomic E-state index is -1.10. The molecule has 1 aliphatic rings. The quantitative estimate of drug-likeness (QED) is 0.857. The SMILES string of the molecule is CC1=C(CC(=O)O)c2cc(F)cc(F)c2C1=Cc1ccc(S(C)=O)cc1. The smallest absolute Gasteiger partial charge is 0.307 e. The Balaban J connectivity index is 2.16. The lowest BCUT2D eigenvalue weighted by Crippen LogP contribution is -1.98. The number of halogens is 2. The first-order valence-electron chi connectivity index (χ1n) is 7.85. The van der Waals surface area contributed by atoms with E-state index in [1.54, 1.807) is 43.5 Å². The van der Waals surface area contributed by atoms with Gasteiger partial charge in [0.2, 0.25) is 0 Å².